The monoisotopic (exact) mass is 330 g/mol. The maximum atomic E-state index is 6.44. The van der Waals surface area contributed by atoms with Crippen LogP contribution >= 0.6 is 11.6 Å². The highest BCUT2D eigenvalue weighted by Crippen LogP contribution is 2.26. The lowest BCUT2D eigenvalue weighted by molar-refractivity contribution is 0.135. The normalized spacial score (nSPS) is 11.4. The molecular weight excluding hydrogens is 312 g/mol. The summed E-state index contributed by atoms with van der Waals surface area (Å²) in [5.74, 6) is 0.922. The first-order chi connectivity index (χ1) is 11.3. The summed E-state index contributed by atoms with van der Waals surface area (Å²) in [6, 6.07) is 11.8. The van der Waals surface area contributed by atoms with E-state index in [9.17, 15) is 0 Å². The average molecular weight is 331 g/mol. The van der Waals surface area contributed by atoms with Gasteiger partial charge in [-0.05, 0) is 24.3 Å². The molecule has 3 aromatic rings. The van der Waals surface area contributed by atoms with Crippen molar-refractivity contribution in [2.75, 3.05) is 20.3 Å². The van der Waals surface area contributed by atoms with E-state index in [-0.39, 0.29) is 0 Å². The van der Waals surface area contributed by atoms with Crippen LogP contribution < -0.4 is 0 Å². The van der Waals surface area contributed by atoms with Crippen molar-refractivity contribution in [3.8, 4) is 0 Å². The molecular formula is C18H19ClN2O2. The van der Waals surface area contributed by atoms with Gasteiger partial charge in [0, 0.05) is 42.4 Å². The van der Waals surface area contributed by atoms with Gasteiger partial charge in [0.25, 0.3) is 0 Å². The van der Waals surface area contributed by atoms with E-state index in [0.29, 0.717) is 19.7 Å². The van der Waals surface area contributed by atoms with Gasteiger partial charge in [0.2, 0.25) is 0 Å². The number of methoxy groups -OCH3 is 1. The molecule has 0 bridgehead atoms. The second kappa shape index (κ2) is 7.59. The van der Waals surface area contributed by atoms with Gasteiger partial charge in [0.1, 0.15) is 5.76 Å². The number of fused-ring (bicyclic) bond motifs is 1. The zero-order chi connectivity index (χ0) is 16.1. The van der Waals surface area contributed by atoms with Gasteiger partial charge in [-0.2, -0.15) is 0 Å². The van der Waals surface area contributed by atoms with E-state index in [1.165, 1.54) is 0 Å². The Bertz CT molecular complexity index is 759. The molecule has 3 rings (SSSR count). The fraction of sp³-hybridized carbons (Fsp3) is 0.278. The van der Waals surface area contributed by atoms with Crippen LogP contribution in [0.5, 0.6) is 0 Å². The molecule has 0 radical (unpaired) electrons. The van der Waals surface area contributed by atoms with E-state index in [1.807, 2.05) is 36.4 Å². The first-order valence-corrected chi connectivity index (χ1v) is 7.91. The van der Waals surface area contributed by atoms with Crippen molar-refractivity contribution in [2.45, 2.75) is 13.1 Å². The van der Waals surface area contributed by atoms with Crippen molar-refractivity contribution in [1.29, 1.82) is 0 Å². The maximum Gasteiger partial charge on any atom is 0.117 e. The Balaban J connectivity index is 1.88. The Kier molecular flexibility index (Phi) is 5.28. The van der Waals surface area contributed by atoms with E-state index >= 15 is 0 Å². The molecule has 1 aromatic carbocycles. The van der Waals surface area contributed by atoms with Crippen molar-refractivity contribution in [3.63, 3.8) is 0 Å². The number of ether oxygens (including phenoxy) is 1. The standard InChI is InChI=1S/C18H19ClN2O2/c1-22-11-9-21(12-15-5-3-10-23-15)13-16-17(19)7-6-14-4-2-8-20-18(14)16/h2-8,10H,9,11-13H2,1H3. The Morgan fingerprint density at radius 2 is 2.09 bits per heavy atom. The highest BCUT2D eigenvalue weighted by atomic mass is 35.5. The smallest absolute Gasteiger partial charge is 0.117 e. The summed E-state index contributed by atoms with van der Waals surface area (Å²) in [6.07, 6.45) is 3.49. The van der Waals surface area contributed by atoms with E-state index < -0.39 is 0 Å². The summed E-state index contributed by atoms with van der Waals surface area (Å²) in [5.41, 5.74) is 1.98. The Morgan fingerprint density at radius 1 is 1.17 bits per heavy atom. The third-order valence-corrected chi connectivity index (χ3v) is 4.13. The largest absolute Gasteiger partial charge is 0.468 e. The van der Waals surface area contributed by atoms with Crippen molar-refractivity contribution >= 4 is 22.5 Å². The predicted molar refractivity (Wildman–Crippen MR) is 91.5 cm³/mol. The Hall–Kier alpha value is -1.88. The summed E-state index contributed by atoms with van der Waals surface area (Å²) < 4.78 is 10.7. The zero-order valence-corrected chi connectivity index (χ0v) is 13.8. The summed E-state index contributed by atoms with van der Waals surface area (Å²) >= 11 is 6.44. The second-order valence-corrected chi connectivity index (χ2v) is 5.79. The quantitative estimate of drug-likeness (QED) is 0.653. The molecule has 0 aliphatic rings. The van der Waals surface area contributed by atoms with Crippen LogP contribution in [0.2, 0.25) is 5.02 Å². The fourth-order valence-electron chi connectivity index (χ4n) is 2.61. The molecule has 0 saturated carbocycles. The lowest BCUT2D eigenvalue weighted by Gasteiger charge is -2.22. The molecule has 0 N–H and O–H groups in total. The van der Waals surface area contributed by atoms with Crippen LogP contribution in [0.25, 0.3) is 10.9 Å². The Labute approximate surface area is 140 Å². The van der Waals surface area contributed by atoms with Crippen LogP contribution in [0.1, 0.15) is 11.3 Å². The van der Waals surface area contributed by atoms with Gasteiger partial charge in [0.05, 0.1) is 24.9 Å². The minimum absolute atomic E-state index is 0.649. The molecule has 23 heavy (non-hydrogen) atoms. The minimum Gasteiger partial charge on any atom is -0.468 e. The number of hydrogen-bond donors (Lipinski definition) is 0. The van der Waals surface area contributed by atoms with E-state index in [2.05, 4.69) is 9.88 Å². The molecule has 0 amide bonds. The molecule has 0 fully saturated rings. The molecule has 0 aliphatic heterocycles. The molecule has 0 atom stereocenters. The third-order valence-electron chi connectivity index (χ3n) is 3.78. The Morgan fingerprint density at radius 3 is 2.87 bits per heavy atom. The molecule has 4 nitrogen and oxygen atoms in total. The van der Waals surface area contributed by atoms with Crippen molar-refractivity contribution < 1.29 is 9.15 Å². The predicted octanol–water partition coefficient (Wildman–Crippen LogP) is 4.13. The number of hydrogen-bond acceptors (Lipinski definition) is 4. The topological polar surface area (TPSA) is 38.5 Å². The number of halogens is 1. The SMILES string of the molecule is COCCN(Cc1ccco1)Cc1c(Cl)ccc2cccnc12. The van der Waals surface area contributed by atoms with Gasteiger partial charge in [0.15, 0.2) is 0 Å². The fourth-order valence-corrected chi connectivity index (χ4v) is 2.82. The lowest BCUT2D eigenvalue weighted by atomic mass is 10.1. The lowest BCUT2D eigenvalue weighted by Crippen LogP contribution is -2.26. The average Bonchev–Trinajstić information content (AvgIpc) is 3.08. The number of aromatic nitrogens is 1. The van der Waals surface area contributed by atoms with Crippen LogP contribution in [0.4, 0.5) is 0 Å². The molecule has 2 heterocycles. The van der Waals surface area contributed by atoms with Crippen LogP contribution in [0, 0.1) is 0 Å². The van der Waals surface area contributed by atoms with Gasteiger partial charge < -0.3 is 9.15 Å². The first-order valence-electron chi connectivity index (χ1n) is 7.53. The number of rotatable bonds is 7. The van der Waals surface area contributed by atoms with Gasteiger partial charge in [-0.1, -0.05) is 23.7 Å². The molecule has 120 valence electrons. The van der Waals surface area contributed by atoms with Gasteiger partial charge in [-0.3, -0.25) is 9.88 Å². The minimum atomic E-state index is 0.649. The molecule has 0 spiro atoms. The summed E-state index contributed by atoms with van der Waals surface area (Å²) in [4.78, 5) is 6.75. The number of nitrogens with zero attached hydrogens (tertiary/aromatic N) is 2. The van der Waals surface area contributed by atoms with E-state index in [4.69, 9.17) is 20.8 Å². The van der Waals surface area contributed by atoms with Gasteiger partial charge >= 0.3 is 0 Å². The van der Waals surface area contributed by atoms with Crippen molar-refractivity contribution in [1.82, 2.24) is 9.88 Å². The molecule has 0 saturated heterocycles. The number of furan rings is 1. The van der Waals surface area contributed by atoms with E-state index in [1.54, 1.807) is 19.6 Å². The van der Waals surface area contributed by atoms with Crippen LogP contribution in [0.3, 0.4) is 0 Å². The van der Waals surface area contributed by atoms with Crippen LogP contribution in [0.15, 0.2) is 53.3 Å². The molecule has 5 heteroatoms. The number of benzene rings is 1. The summed E-state index contributed by atoms with van der Waals surface area (Å²) in [7, 11) is 1.71. The number of pyridine rings is 1. The van der Waals surface area contributed by atoms with E-state index in [0.717, 1.165) is 33.8 Å². The van der Waals surface area contributed by atoms with Gasteiger partial charge in [-0.15, -0.1) is 0 Å². The third kappa shape index (κ3) is 3.91. The van der Waals surface area contributed by atoms with Crippen LogP contribution in [-0.4, -0.2) is 30.1 Å². The zero-order valence-electron chi connectivity index (χ0n) is 13.0. The summed E-state index contributed by atoms with van der Waals surface area (Å²) in [6.45, 7) is 2.83. The molecule has 2 aromatic heterocycles. The maximum absolute atomic E-state index is 6.44. The highest BCUT2D eigenvalue weighted by Gasteiger charge is 2.14. The van der Waals surface area contributed by atoms with Crippen molar-refractivity contribution in [2.24, 2.45) is 0 Å². The van der Waals surface area contributed by atoms with Gasteiger partial charge in [-0.25, -0.2) is 0 Å². The van der Waals surface area contributed by atoms with Crippen molar-refractivity contribution in [3.05, 3.63) is 65.2 Å². The van der Waals surface area contributed by atoms with Crippen LogP contribution in [-0.2, 0) is 17.8 Å². The molecule has 0 unspecified atom stereocenters. The molecule has 0 aliphatic carbocycles. The second-order valence-electron chi connectivity index (χ2n) is 5.38. The summed E-state index contributed by atoms with van der Waals surface area (Å²) in [5, 5.41) is 1.83. The first kappa shape index (κ1) is 16.0. The highest BCUT2D eigenvalue weighted by molar-refractivity contribution is 6.32.